The first-order valence-electron chi connectivity index (χ1n) is 11.2. The molecular weight excluding hydrogens is 500 g/mol. The normalized spacial score (nSPS) is 11.2. The summed E-state index contributed by atoms with van der Waals surface area (Å²) in [7, 11) is -4.10. The van der Waals surface area contributed by atoms with E-state index < -0.39 is 22.5 Å². The van der Waals surface area contributed by atoms with Crippen LogP contribution in [0.15, 0.2) is 96.4 Å². The van der Waals surface area contributed by atoms with E-state index in [1.54, 1.807) is 43.7 Å². The lowest BCUT2D eigenvalue weighted by Gasteiger charge is -2.26. The molecule has 4 aromatic rings. The number of carbonyl (C=O) groups excluding carboxylic acids is 1. The number of nitrogens with zero attached hydrogens (tertiary/aromatic N) is 3. The Morgan fingerprint density at radius 2 is 1.78 bits per heavy atom. The van der Waals surface area contributed by atoms with E-state index in [0.29, 0.717) is 17.4 Å². The second kappa shape index (κ2) is 11.3. The van der Waals surface area contributed by atoms with Gasteiger partial charge in [0, 0.05) is 29.6 Å². The van der Waals surface area contributed by atoms with Gasteiger partial charge in [-0.1, -0.05) is 35.9 Å². The van der Waals surface area contributed by atoms with Gasteiger partial charge in [-0.15, -0.1) is 0 Å². The molecule has 0 aliphatic rings. The molecule has 0 fully saturated rings. The standard InChI is InChI=1S/C26H25ClN4O4S/c1-2-35-25-6-4-3-5-24(25)31(36(33,34)23-13-9-21(27)10-14-23)18-26(32)29-17-20-7-11-22(12-8-20)30-16-15-28-19-30/h3-16,19H,2,17-18H2,1H3,(H,29,32). The van der Waals surface area contributed by atoms with Gasteiger partial charge >= 0.3 is 0 Å². The van der Waals surface area contributed by atoms with E-state index in [4.69, 9.17) is 16.3 Å². The summed E-state index contributed by atoms with van der Waals surface area (Å²) >= 11 is 5.95. The van der Waals surface area contributed by atoms with Gasteiger partial charge in [0.1, 0.15) is 12.3 Å². The third kappa shape index (κ3) is 5.87. The Morgan fingerprint density at radius 1 is 1.06 bits per heavy atom. The Hall–Kier alpha value is -3.82. The predicted octanol–water partition coefficient (Wildman–Crippen LogP) is 4.44. The number of hydrogen-bond donors (Lipinski definition) is 1. The molecule has 0 saturated carbocycles. The van der Waals surface area contributed by atoms with Crippen LogP contribution in [0.4, 0.5) is 5.69 Å². The van der Waals surface area contributed by atoms with Crippen LogP contribution in [0.5, 0.6) is 5.75 Å². The summed E-state index contributed by atoms with van der Waals surface area (Å²) in [4.78, 5) is 17.0. The zero-order valence-electron chi connectivity index (χ0n) is 19.5. The number of sulfonamides is 1. The molecule has 8 nitrogen and oxygen atoms in total. The molecule has 36 heavy (non-hydrogen) atoms. The molecule has 186 valence electrons. The van der Waals surface area contributed by atoms with Crippen LogP contribution in [0.1, 0.15) is 12.5 Å². The zero-order valence-corrected chi connectivity index (χ0v) is 21.1. The third-order valence-corrected chi connectivity index (χ3v) is 7.38. The summed E-state index contributed by atoms with van der Waals surface area (Å²) in [5, 5.41) is 3.22. The van der Waals surface area contributed by atoms with Gasteiger partial charge in [0.15, 0.2) is 0 Å². The van der Waals surface area contributed by atoms with Gasteiger partial charge in [0.2, 0.25) is 5.91 Å². The fourth-order valence-corrected chi connectivity index (χ4v) is 5.12. The number of rotatable bonds is 10. The van der Waals surface area contributed by atoms with Crippen LogP contribution in [0.3, 0.4) is 0 Å². The van der Waals surface area contributed by atoms with Gasteiger partial charge in [-0.05, 0) is 61.0 Å². The Bertz CT molecular complexity index is 1410. The summed E-state index contributed by atoms with van der Waals surface area (Å²) in [5.74, 6) is -0.0991. The molecule has 10 heteroatoms. The van der Waals surface area contributed by atoms with Gasteiger partial charge in [0.25, 0.3) is 10.0 Å². The Morgan fingerprint density at radius 3 is 2.44 bits per heavy atom. The van der Waals surface area contributed by atoms with Crippen LogP contribution < -0.4 is 14.4 Å². The van der Waals surface area contributed by atoms with E-state index >= 15 is 0 Å². The van der Waals surface area contributed by atoms with Crippen molar-refractivity contribution in [1.29, 1.82) is 0 Å². The molecular formula is C26H25ClN4O4S. The smallest absolute Gasteiger partial charge is 0.264 e. The summed E-state index contributed by atoms with van der Waals surface area (Å²) in [5.41, 5.74) is 2.08. The van der Waals surface area contributed by atoms with Crippen LogP contribution in [0.2, 0.25) is 5.02 Å². The number of benzene rings is 3. The number of imidazole rings is 1. The van der Waals surface area contributed by atoms with E-state index in [1.807, 2.05) is 35.0 Å². The first-order valence-corrected chi connectivity index (χ1v) is 13.0. The first-order chi connectivity index (χ1) is 17.4. The molecule has 0 aliphatic heterocycles. The molecule has 0 bridgehead atoms. The number of amides is 1. The van der Waals surface area contributed by atoms with Crippen molar-refractivity contribution in [2.45, 2.75) is 18.4 Å². The number of carbonyl (C=O) groups is 1. The quantitative estimate of drug-likeness (QED) is 0.331. The van der Waals surface area contributed by atoms with Crippen LogP contribution in [-0.4, -0.2) is 37.0 Å². The maximum Gasteiger partial charge on any atom is 0.264 e. The minimum Gasteiger partial charge on any atom is -0.492 e. The van der Waals surface area contributed by atoms with E-state index in [9.17, 15) is 13.2 Å². The fraction of sp³-hybridized carbons (Fsp3) is 0.154. The minimum absolute atomic E-state index is 0.0149. The van der Waals surface area contributed by atoms with Crippen molar-refractivity contribution < 1.29 is 17.9 Å². The number of hydrogen-bond acceptors (Lipinski definition) is 5. The monoisotopic (exact) mass is 524 g/mol. The van der Waals surface area contributed by atoms with Crippen LogP contribution in [-0.2, 0) is 21.4 Å². The SMILES string of the molecule is CCOc1ccccc1N(CC(=O)NCc1ccc(-n2ccnc2)cc1)S(=O)(=O)c1ccc(Cl)cc1. The van der Waals surface area contributed by atoms with Gasteiger partial charge in [0.05, 0.1) is 23.5 Å². The maximum absolute atomic E-state index is 13.6. The maximum atomic E-state index is 13.6. The number of aromatic nitrogens is 2. The number of anilines is 1. The molecule has 0 spiro atoms. The lowest BCUT2D eigenvalue weighted by molar-refractivity contribution is -0.119. The van der Waals surface area contributed by atoms with E-state index in [0.717, 1.165) is 15.6 Å². The molecule has 1 aromatic heterocycles. The van der Waals surface area contributed by atoms with Gasteiger partial charge in [-0.2, -0.15) is 0 Å². The first kappa shape index (κ1) is 25.3. The fourth-order valence-electron chi connectivity index (χ4n) is 3.56. The van der Waals surface area contributed by atoms with E-state index in [-0.39, 0.29) is 17.1 Å². The average molecular weight is 525 g/mol. The number of halogens is 1. The molecule has 0 radical (unpaired) electrons. The Labute approximate surface area is 215 Å². The van der Waals surface area contributed by atoms with Crippen molar-refractivity contribution in [3.63, 3.8) is 0 Å². The second-order valence-electron chi connectivity index (χ2n) is 7.78. The molecule has 0 atom stereocenters. The molecule has 4 rings (SSSR count). The van der Waals surface area contributed by atoms with Crippen LogP contribution in [0.25, 0.3) is 5.69 Å². The average Bonchev–Trinajstić information content (AvgIpc) is 3.42. The van der Waals surface area contributed by atoms with Gasteiger partial charge in [-0.25, -0.2) is 13.4 Å². The number of para-hydroxylation sites is 2. The van der Waals surface area contributed by atoms with Crippen molar-refractivity contribution in [3.8, 4) is 11.4 Å². The summed E-state index contributed by atoms with van der Waals surface area (Å²) < 4.78 is 35.8. The van der Waals surface area contributed by atoms with Crippen molar-refractivity contribution >= 4 is 33.2 Å². The third-order valence-electron chi connectivity index (χ3n) is 5.35. The number of ether oxygens (including phenoxy) is 1. The molecule has 1 heterocycles. The number of nitrogens with one attached hydrogen (secondary N) is 1. The topological polar surface area (TPSA) is 93.5 Å². The van der Waals surface area contributed by atoms with E-state index in [2.05, 4.69) is 10.3 Å². The highest BCUT2D eigenvalue weighted by Crippen LogP contribution is 2.32. The van der Waals surface area contributed by atoms with Crippen molar-refractivity contribution in [1.82, 2.24) is 14.9 Å². The minimum atomic E-state index is -4.10. The zero-order chi connectivity index (χ0) is 25.5. The highest BCUT2D eigenvalue weighted by molar-refractivity contribution is 7.92. The van der Waals surface area contributed by atoms with Crippen molar-refractivity contribution in [3.05, 3.63) is 102 Å². The molecule has 3 aromatic carbocycles. The Kier molecular flexibility index (Phi) is 7.92. The largest absolute Gasteiger partial charge is 0.492 e. The van der Waals surface area contributed by atoms with E-state index in [1.165, 1.54) is 24.3 Å². The van der Waals surface area contributed by atoms with Crippen LogP contribution in [0, 0.1) is 0 Å². The summed E-state index contributed by atoms with van der Waals surface area (Å²) in [6.07, 6.45) is 5.24. The van der Waals surface area contributed by atoms with Crippen LogP contribution >= 0.6 is 11.6 Å². The molecule has 0 saturated heterocycles. The Balaban J connectivity index is 1.55. The highest BCUT2D eigenvalue weighted by Gasteiger charge is 2.29. The second-order valence-corrected chi connectivity index (χ2v) is 10.1. The summed E-state index contributed by atoms with van der Waals surface area (Å²) in [6.45, 7) is 1.96. The van der Waals surface area contributed by atoms with Gasteiger partial charge < -0.3 is 14.6 Å². The lowest BCUT2D eigenvalue weighted by atomic mass is 10.2. The lowest BCUT2D eigenvalue weighted by Crippen LogP contribution is -2.40. The molecule has 1 amide bonds. The summed E-state index contributed by atoms with van der Waals surface area (Å²) in [6, 6.07) is 20.1. The van der Waals surface area contributed by atoms with Crippen molar-refractivity contribution in [2.24, 2.45) is 0 Å². The van der Waals surface area contributed by atoms with Gasteiger partial charge in [-0.3, -0.25) is 9.10 Å². The highest BCUT2D eigenvalue weighted by atomic mass is 35.5. The predicted molar refractivity (Wildman–Crippen MR) is 139 cm³/mol. The van der Waals surface area contributed by atoms with Crippen molar-refractivity contribution in [2.75, 3.05) is 17.5 Å². The molecule has 0 unspecified atom stereocenters. The molecule has 1 N–H and O–H groups in total. The molecule has 0 aliphatic carbocycles.